The highest BCUT2D eigenvalue weighted by Gasteiger charge is 2.65. The number of fused-ring (bicyclic) bond motifs is 2. The van der Waals surface area contributed by atoms with Crippen LogP contribution < -0.4 is 0 Å². The first-order valence-electron chi connectivity index (χ1n) is 7.98. The first-order valence-corrected chi connectivity index (χ1v) is 11.0. The summed E-state index contributed by atoms with van der Waals surface area (Å²) in [6.07, 6.45) is 1.40. The van der Waals surface area contributed by atoms with Gasteiger partial charge in [0, 0.05) is 6.42 Å². The number of esters is 1. The van der Waals surface area contributed by atoms with Crippen LogP contribution in [0.1, 0.15) is 33.1 Å². The number of ketones is 1. The molecule has 2 atom stereocenters. The number of ether oxygens (including phenoxy) is 1. The second kappa shape index (κ2) is 6.71. The Morgan fingerprint density at radius 1 is 1.26 bits per heavy atom. The van der Waals surface area contributed by atoms with Gasteiger partial charge in [0.15, 0.2) is 10.1 Å². The average molecular weight is 433 g/mol. The van der Waals surface area contributed by atoms with Crippen molar-refractivity contribution in [2.24, 2.45) is 16.7 Å². The third kappa shape index (κ3) is 3.74. The molecular weight excluding hydrogens is 414 g/mol. The second-order valence-electron chi connectivity index (χ2n) is 7.30. The van der Waals surface area contributed by atoms with Crippen molar-refractivity contribution in [2.45, 2.75) is 38.4 Å². The summed E-state index contributed by atoms with van der Waals surface area (Å²) in [5, 5.41) is -5.29. The van der Waals surface area contributed by atoms with Gasteiger partial charge in [0.1, 0.15) is 19.0 Å². The molecule has 0 saturated heterocycles. The van der Waals surface area contributed by atoms with E-state index < -0.39 is 61.3 Å². The number of carbonyl (C=O) groups is 2. The van der Waals surface area contributed by atoms with Crippen LogP contribution in [0.15, 0.2) is 0 Å². The zero-order valence-corrected chi connectivity index (χ0v) is 16.2. The van der Waals surface area contributed by atoms with Crippen molar-refractivity contribution >= 4 is 32.0 Å². The fourth-order valence-corrected chi connectivity index (χ4v) is 5.88. The first kappa shape index (κ1) is 22.1. The van der Waals surface area contributed by atoms with Crippen LogP contribution >= 0.6 is 0 Å². The van der Waals surface area contributed by atoms with E-state index in [1.54, 1.807) is 0 Å². The molecule has 0 aromatic heterocycles. The zero-order valence-electron chi connectivity index (χ0n) is 14.6. The summed E-state index contributed by atoms with van der Waals surface area (Å²) in [5.74, 6) is -3.29. The third-order valence-corrected chi connectivity index (χ3v) is 7.86. The molecule has 0 spiro atoms. The maximum Gasteiger partial charge on any atom is 0.428 e. The number of carbonyl (C=O) groups excluding carboxylic acids is 2. The standard InChI is InChI=1S/C14H20F2O9S2/c1-12(2)9-3-4-13(12,10(17)7-9)8-26(19,20)25-6-5-24-11(18)14(15,16)27(21,22)23/h9H,3-8H2,1-2H3,(H,21,22,23)/p-1. The largest absolute Gasteiger partial charge is 0.743 e. The molecular formula is C14H19F2O9S2-. The van der Waals surface area contributed by atoms with Crippen molar-refractivity contribution in [1.82, 2.24) is 0 Å². The van der Waals surface area contributed by atoms with E-state index >= 15 is 0 Å². The molecule has 0 heterocycles. The topological polar surface area (TPSA) is 144 Å². The third-order valence-electron chi connectivity index (χ3n) is 5.69. The van der Waals surface area contributed by atoms with Crippen LogP contribution in [0.5, 0.6) is 0 Å². The predicted octanol–water partition coefficient (Wildman–Crippen LogP) is 0.409. The van der Waals surface area contributed by atoms with Crippen LogP contribution in [-0.4, -0.2) is 57.4 Å². The second-order valence-corrected chi connectivity index (χ2v) is 10.4. The Labute approximate surface area is 155 Å². The molecule has 27 heavy (non-hydrogen) atoms. The van der Waals surface area contributed by atoms with Crippen molar-refractivity contribution in [3.05, 3.63) is 0 Å². The van der Waals surface area contributed by atoms with E-state index in [0.717, 1.165) is 0 Å². The van der Waals surface area contributed by atoms with Gasteiger partial charge in [-0.3, -0.25) is 8.98 Å². The Kier molecular flexibility index (Phi) is 5.49. The smallest absolute Gasteiger partial charge is 0.428 e. The number of alkyl halides is 2. The summed E-state index contributed by atoms with van der Waals surface area (Å²) in [7, 11) is -10.5. The van der Waals surface area contributed by atoms with Crippen molar-refractivity contribution in [2.75, 3.05) is 19.0 Å². The molecule has 0 aliphatic heterocycles. The average Bonchev–Trinajstić information content (AvgIpc) is 2.83. The summed E-state index contributed by atoms with van der Waals surface area (Å²) in [6.45, 7) is 1.75. The highest BCUT2D eigenvalue weighted by molar-refractivity contribution is 7.87. The highest BCUT2D eigenvalue weighted by Crippen LogP contribution is 2.64. The van der Waals surface area contributed by atoms with E-state index in [1.807, 2.05) is 13.8 Å². The van der Waals surface area contributed by atoms with Gasteiger partial charge in [-0.15, -0.1) is 0 Å². The Balaban J connectivity index is 1.93. The maximum absolute atomic E-state index is 12.9. The number of rotatable bonds is 8. The SMILES string of the molecule is CC1(C)C2CCC1(CS(=O)(=O)OCCOC(=O)C(F)(F)S(=O)(=O)[O-])C(=O)C2. The summed E-state index contributed by atoms with van der Waals surface area (Å²) < 4.78 is 89.5. The molecule has 0 amide bonds. The van der Waals surface area contributed by atoms with Gasteiger partial charge < -0.3 is 9.29 Å². The lowest BCUT2D eigenvalue weighted by atomic mass is 9.70. The van der Waals surface area contributed by atoms with Gasteiger partial charge in [0.05, 0.1) is 11.2 Å². The van der Waals surface area contributed by atoms with E-state index in [9.17, 15) is 39.8 Å². The first-order chi connectivity index (χ1) is 12.1. The molecule has 0 aromatic carbocycles. The van der Waals surface area contributed by atoms with E-state index in [4.69, 9.17) is 0 Å². The molecule has 2 bridgehead atoms. The Bertz CT molecular complexity index is 848. The normalized spacial score (nSPS) is 27.7. The molecule has 0 aromatic rings. The minimum absolute atomic E-state index is 0.0810. The molecule has 2 unspecified atom stereocenters. The van der Waals surface area contributed by atoms with E-state index in [-0.39, 0.29) is 11.7 Å². The lowest BCUT2D eigenvalue weighted by molar-refractivity contribution is -0.162. The van der Waals surface area contributed by atoms with Crippen LogP contribution in [0.3, 0.4) is 0 Å². The molecule has 13 heteroatoms. The Morgan fingerprint density at radius 3 is 2.30 bits per heavy atom. The van der Waals surface area contributed by atoms with E-state index in [1.165, 1.54) is 0 Å². The summed E-state index contributed by atoms with van der Waals surface area (Å²) in [4.78, 5) is 23.3. The van der Waals surface area contributed by atoms with Gasteiger partial charge in [-0.2, -0.15) is 17.2 Å². The van der Waals surface area contributed by atoms with Gasteiger partial charge in [-0.25, -0.2) is 13.2 Å². The van der Waals surface area contributed by atoms with Crippen molar-refractivity contribution in [3.63, 3.8) is 0 Å². The van der Waals surface area contributed by atoms with Crippen LogP contribution in [0.25, 0.3) is 0 Å². The quantitative estimate of drug-likeness (QED) is 0.230. The zero-order chi connectivity index (χ0) is 20.9. The lowest BCUT2D eigenvalue weighted by Gasteiger charge is -2.35. The van der Waals surface area contributed by atoms with Gasteiger partial charge in [0.2, 0.25) is 0 Å². The van der Waals surface area contributed by atoms with E-state index in [2.05, 4.69) is 8.92 Å². The van der Waals surface area contributed by atoms with Crippen LogP contribution in [0.4, 0.5) is 8.78 Å². The van der Waals surface area contributed by atoms with Crippen molar-refractivity contribution in [1.29, 1.82) is 0 Å². The highest BCUT2D eigenvalue weighted by atomic mass is 32.2. The number of Topliss-reactive ketones (excluding diaryl/α,β-unsaturated/α-hetero) is 1. The Hall–Kier alpha value is -1.18. The molecule has 9 nitrogen and oxygen atoms in total. The summed E-state index contributed by atoms with van der Waals surface area (Å²) in [5.41, 5.74) is -1.62. The summed E-state index contributed by atoms with van der Waals surface area (Å²) >= 11 is 0. The molecule has 0 N–H and O–H groups in total. The molecule has 2 aliphatic carbocycles. The monoisotopic (exact) mass is 433 g/mol. The number of hydrogen-bond acceptors (Lipinski definition) is 9. The van der Waals surface area contributed by atoms with Gasteiger partial charge in [-0.1, -0.05) is 13.8 Å². The van der Waals surface area contributed by atoms with Crippen molar-refractivity contribution < 1.29 is 48.7 Å². The van der Waals surface area contributed by atoms with Crippen LogP contribution in [0.2, 0.25) is 0 Å². The fraction of sp³-hybridized carbons (Fsp3) is 0.857. The van der Waals surface area contributed by atoms with E-state index in [0.29, 0.717) is 19.3 Å². The van der Waals surface area contributed by atoms with Crippen LogP contribution in [0, 0.1) is 16.7 Å². The lowest BCUT2D eigenvalue weighted by Crippen LogP contribution is -2.43. The van der Waals surface area contributed by atoms with Crippen LogP contribution in [-0.2, 0) is 38.7 Å². The minimum Gasteiger partial charge on any atom is -0.743 e. The fourth-order valence-electron chi connectivity index (χ4n) is 3.93. The molecule has 0 radical (unpaired) electrons. The maximum atomic E-state index is 12.9. The summed E-state index contributed by atoms with van der Waals surface area (Å²) in [6, 6.07) is 0. The molecule has 2 aliphatic rings. The number of hydrogen-bond donors (Lipinski definition) is 0. The molecule has 2 fully saturated rings. The van der Waals surface area contributed by atoms with Gasteiger partial charge >= 0.3 is 11.2 Å². The van der Waals surface area contributed by atoms with Crippen molar-refractivity contribution in [3.8, 4) is 0 Å². The Morgan fingerprint density at radius 2 is 1.85 bits per heavy atom. The molecule has 2 rings (SSSR count). The molecule has 2 saturated carbocycles. The minimum atomic E-state index is -6.26. The molecule has 156 valence electrons. The van der Waals surface area contributed by atoms with Gasteiger partial charge in [-0.05, 0) is 24.2 Å². The predicted molar refractivity (Wildman–Crippen MR) is 83.9 cm³/mol. The number of halogens is 2. The van der Waals surface area contributed by atoms with Gasteiger partial charge in [0.25, 0.3) is 10.1 Å².